The monoisotopic (exact) mass is 485 g/mol. The number of nitrogens with zero attached hydrogens (tertiary/aromatic N) is 5. The normalized spacial score (nSPS) is 11.5. The van der Waals surface area contributed by atoms with Gasteiger partial charge in [-0.25, -0.2) is 19.6 Å². The predicted octanol–water partition coefficient (Wildman–Crippen LogP) is 4.06. The molecule has 33 heavy (non-hydrogen) atoms. The Kier molecular flexibility index (Phi) is 7.71. The fraction of sp³-hybridized carbons (Fsp3) is 0.409. The van der Waals surface area contributed by atoms with Gasteiger partial charge in [-0.1, -0.05) is 56.4 Å². The van der Waals surface area contributed by atoms with Crippen LogP contribution < -0.4 is 10.6 Å². The Bertz CT molecular complexity index is 1210. The zero-order valence-corrected chi connectivity index (χ0v) is 20.5. The summed E-state index contributed by atoms with van der Waals surface area (Å²) in [6.45, 7) is 8.16. The van der Waals surface area contributed by atoms with Gasteiger partial charge < -0.3 is 15.1 Å². The van der Waals surface area contributed by atoms with Crippen LogP contribution in [0.25, 0.3) is 22.1 Å². The van der Waals surface area contributed by atoms with Crippen molar-refractivity contribution >= 4 is 57.4 Å². The van der Waals surface area contributed by atoms with E-state index in [0.29, 0.717) is 24.2 Å². The molecule has 4 aromatic rings. The number of thioether (sulfide) groups is 2. The molecule has 0 saturated heterocycles. The van der Waals surface area contributed by atoms with Crippen LogP contribution in [0.1, 0.15) is 20.8 Å². The number of amides is 1. The molecule has 0 fully saturated rings. The van der Waals surface area contributed by atoms with Crippen molar-refractivity contribution in [3.05, 3.63) is 30.5 Å². The molecule has 3 heterocycles. The zero-order valence-electron chi connectivity index (χ0n) is 18.9. The van der Waals surface area contributed by atoms with Gasteiger partial charge in [-0.05, 0) is 23.8 Å². The Labute approximate surface area is 200 Å². The van der Waals surface area contributed by atoms with Crippen molar-refractivity contribution in [3.63, 3.8) is 0 Å². The summed E-state index contributed by atoms with van der Waals surface area (Å²) in [5, 5.41) is 12.9. The van der Waals surface area contributed by atoms with Gasteiger partial charge in [0, 0.05) is 13.1 Å². The summed E-state index contributed by atoms with van der Waals surface area (Å²) in [6, 6.07) is 7.54. The van der Waals surface area contributed by atoms with E-state index in [1.807, 2.05) is 28.9 Å². The van der Waals surface area contributed by atoms with Crippen molar-refractivity contribution in [3.8, 4) is 0 Å². The highest BCUT2D eigenvalue weighted by molar-refractivity contribution is 7.99. The standard InChI is InChI=1S/C22H27N7O2S2/c1-4-32-21-27-19(24-11-14(2)3)15-12-25-29(20(15)28-21)10-9-23-18(30)13-33-22-26-16-7-5-6-8-17(16)31-22/h5-8,12,14H,4,9-11,13H2,1-3H3,(H,23,30)(H,24,27,28). The third-order valence-corrected chi connectivity index (χ3v) is 6.23. The van der Waals surface area contributed by atoms with E-state index < -0.39 is 0 Å². The number of oxazole rings is 1. The van der Waals surface area contributed by atoms with Crippen molar-refractivity contribution in [1.82, 2.24) is 30.0 Å². The van der Waals surface area contributed by atoms with Crippen molar-refractivity contribution in [2.24, 2.45) is 5.92 Å². The molecule has 0 bridgehead atoms. The van der Waals surface area contributed by atoms with E-state index in [2.05, 4.69) is 51.5 Å². The van der Waals surface area contributed by atoms with Gasteiger partial charge in [0.25, 0.3) is 5.22 Å². The lowest BCUT2D eigenvalue weighted by molar-refractivity contribution is -0.118. The van der Waals surface area contributed by atoms with Gasteiger partial charge in [-0.2, -0.15) is 5.10 Å². The Morgan fingerprint density at radius 2 is 2.03 bits per heavy atom. The molecular formula is C22H27N7O2S2. The first kappa shape index (κ1) is 23.4. The Morgan fingerprint density at radius 1 is 1.18 bits per heavy atom. The van der Waals surface area contributed by atoms with E-state index in [0.717, 1.165) is 45.4 Å². The van der Waals surface area contributed by atoms with Gasteiger partial charge in [-0.3, -0.25) is 4.79 Å². The lowest BCUT2D eigenvalue weighted by Gasteiger charge is -2.11. The molecule has 0 aliphatic rings. The van der Waals surface area contributed by atoms with Crippen LogP contribution in [-0.4, -0.2) is 55.2 Å². The molecule has 9 nitrogen and oxygen atoms in total. The highest BCUT2D eigenvalue weighted by Crippen LogP contribution is 2.25. The maximum absolute atomic E-state index is 12.3. The molecule has 1 amide bonds. The first-order chi connectivity index (χ1) is 16.0. The average molecular weight is 486 g/mol. The molecule has 0 unspecified atom stereocenters. The van der Waals surface area contributed by atoms with Crippen molar-refractivity contribution in [2.45, 2.75) is 37.7 Å². The zero-order chi connectivity index (χ0) is 23.2. The lowest BCUT2D eigenvalue weighted by Crippen LogP contribution is -2.29. The van der Waals surface area contributed by atoms with E-state index in [-0.39, 0.29) is 11.7 Å². The van der Waals surface area contributed by atoms with Gasteiger partial charge in [0.1, 0.15) is 11.3 Å². The summed E-state index contributed by atoms with van der Waals surface area (Å²) in [5.74, 6) is 2.33. The van der Waals surface area contributed by atoms with E-state index in [1.165, 1.54) is 11.8 Å². The van der Waals surface area contributed by atoms with Crippen LogP contribution in [0, 0.1) is 5.92 Å². The first-order valence-electron chi connectivity index (χ1n) is 10.9. The summed E-state index contributed by atoms with van der Waals surface area (Å²) >= 11 is 2.87. The molecule has 0 aliphatic carbocycles. The molecule has 0 atom stereocenters. The minimum absolute atomic E-state index is 0.0881. The number of aromatic nitrogens is 5. The van der Waals surface area contributed by atoms with Crippen LogP contribution >= 0.6 is 23.5 Å². The average Bonchev–Trinajstić information content (AvgIpc) is 3.40. The minimum atomic E-state index is -0.0881. The van der Waals surface area contributed by atoms with Crippen LogP contribution in [0.5, 0.6) is 0 Å². The topological polar surface area (TPSA) is 111 Å². The number of hydrogen-bond donors (Lipinski definition) is 2. The maximum Gasteiger partial charge on any atom is 0.257 e. The van der Waals surface area contributed by atoms with Crippen molar-refractivity contribution < 1.29 is 9.21 Å². The molecule has 2 N–H and O–H groups in total. The second-order valence-corrected chi connectivity index (χ2v) is 9.91. The van der Waals surface area contributed by atoms with Gasteiger partial charge in [-0.15, -0.1) is 0 Å². The van der Waals surface area contributed by atoms with Crippen LogP contribution in [-0.2, 0) is 11.3 Å². The Balaban J connectivity index is 1.35. The second-order valence-electron chi connectivity index (χ2n) is 7.75. The second kappa shape index (κ2) is 10.9. The van der Waals surface area contributed by atoms with Crippen LogP contribution in [0.4, 0.5) is 5.82 Å². The van der Waals surface area contributed by atoms with Gasteiger partial charge in [0.2, 0.25) is 5.91 Å². The van der Waals surface area contributed by atoms with Gasteiger partial charge >= 0.3 is 0 Å². The number of nitrogens with one attached hydrogen (secondary N) is 2. The minimum Gasteiger partial charge on any atom is -0.431 e. The maximum atomic E-state index is 12.3. The molecule has 0 saturated carbocycles. The predicted molar refractivity (Wildman–Crippen MR) is 133 cm³/mol. The smallest absolute Gasteiger partial charge is 0.257 e. The van der Waals surface area contributed by atoms with Crippen LogP contribution in [0.2, 0.25) is 0 Å². The Hall–Kier alpha value is -2.79. The highest BCUT2D eigenvalue weighted by Gasteiger charge is 2.14. The fourth-order valence-corrected chi connectivity index (χ4v) is 4.35. The number of carbonyl (C=O) groups is 1. The summed E-state index contributed by atoms with van der Waals surface area (Å²) in [4.78, 5) is 26.0. The molecule has 0 radical (unpaired) electrons. The summed E-state index contributed by atoms with van der Waals surface area (Å²) in [7, 11) is 0. The third-order valence-electron chi connectivity index (χ3n) is 4.67. The van der Waals surface area contributed by atoms with Crippen molar-refractivity contribution in [1.29, 1.82) is 0 Å². The number of anilines is 1. The van der Waals surface area contributed by atoms with E-state index in [1.54, 1.807) is 18.0 Å². The molecule has 11 heteroatoms. The molecule has 3 aromatic heterocycles. The van der Waals surface area contributed by atoms with Crippen LogP contribution in [0.3, 0.4) is 0 Å². The summed E-state index contributed by atoms with van der Waals surface area (Å²) < 4.78 is 7.45. The van der Waals surface area contributed by atoms with Gasteiger partial charge in [0.05, 0.1) is 23.9 Å². The van der Waals surface area contributed by atoms with Crippen LogP contribution in [0.15, 0.2) is 45.3 Å². The molecule has 1 aromatic carbocycles. The quantitative estimate of drug-likeness (QED) is 0.240. The van der Waals surface area contributed by atoms with Gasteiger partial charge in [0.15, 0.2) is 16.4 Å². The molecule has 0 spiro atoms. The number of rotatable bonds is 11. The molecule has 174 valence electrons. The number of carbonyl (C=O) groups excluding carboxylic acids is 1. The fourth-order valence-electron chi connectivity index (χ4n) is 3.12. The summed E-state index contributed by atoms with van der Waals surface area (Å²) in [5.41, 5.74) is 2.27. The SMILES string of the molecule is CCSc1nc(NCC(C)C)c2cnn(CCNC(=O)CSc3nc4ccccc4o3)c2n1. The molecule has 4 rings (SSSR count). The van der Waals surface area contributed by atoms with E-state index in [4.69, 9.17) is 4.42 Å². The first-order valence-corrected chi connectivity index (χ1v) is 12.9. The number of para-hydroxylation sites is 2. The van der Waals surface area contributed by atoms with Crippen molar-refractivity contribution in [2.75, 3.05) is 29.9 Å². The Morgan fingerprint density at radius 3 is 2.82 bits per heavy atom. The number of fused-ring (bicyclic) bond motifs is 2. The molecule has 0 aliphatic heterocycles. The molecular weight excluding hydrogens is 458 g/mol. The number of benzene rings is 1. The third kappa shape index (κ3) is 5.97. The van der Waals surface area contributed by atoms with E-state index in [9.17, 15) is 4.79 Å². The lowest BCUT2D eigenvalue weighted by atomic mass is 10.2. The summed E-state index contributed by atoms with van der Waals surface area (Å²) in [6.07, 6.45) is 1.78. The highest BCUT2D eigenvalue weighted by atomic mass is 32.2. The van der Waals surface area contributed by atoms with E-state index >= 15 is 0 Å². The largest absolute Gasteiger partial charge is 0.431 e. The number of hydrogen-bond acceptors (Lipinski definition) is 9.